The normalized spacial score (nSPS) is 28.3. The van der Waals surface area contributed by atoms with Crippen LogP contribution in [0, 0.1) is 18.8 Å². The third-order valence-corrected chi connectivity index (χ3v) is 6.96. The van der Waals surface area contributed by atoms with Crippen molar-refractivity contribution >= 4 is 5.96 Å². The van der Waals surface area contributed by atoms with E-state index in [4.69, 9.17) is 9.73 Å². The molecule has 0 amide bonds. The number of aliphatic imine (C=N–C) groups is 1. The number of guanidine groups is 1. The number of hydrogen-bond donors (Lipinski definition) is 1. The molecular formula is C25H40N4O. The molecule has 0 aromatic heterocycles. The number of nitrogens with zero attached hydrogens (tertiary/aromatic N) is 3. The third-order valence-electron chi connectivity index (χ3n) is 6.96. The Hall–Kier alpha value is -1.59. The van der Waals surface area contributed by atoms with Crippen molar-refractivity contribution in [3.8, 4) is 0 Å². The summed E-state index contributed by atoms with van der Waals surface area (Å²) in [6.45, 7) is 13.1. The second-order valence-corrected chi connectivity index (χ2v) is 9.41. The number of ether oxygens (including phenoxy) is 1. The van der Waals surface area contributed by atoms with Crippen LogP contribution in [0.4, 0.5) is 0 Å². The predicted octanol–water partition coefficient (Wildman–Crippen LogP) is 3.85. The van der Waals surface area contributed by atoms with Crippen LogP contribution in [0.3, 0.4) is 0 Å². The van der Waals surface area contributed by atoms with Gasteiger partial charge < -0.3 is 19.9 Å². The van der Waals surface area contributed by atoms with E-state index < -0.39 is 0 Å². The Morgan fingerprint density at radius 3 is 2.67 bits per heavy atom. The molecule has 1 N–H and O–H groups in total. The first-order valence-electron chi connectivity index (χ1n) is 12.2. The molecular weight excluding hydrogens is 372 g/mol. The van der Waals surface area contributed by atoms with Gasteiger partial charge in [-0.2, -0.15) is 0 Å². The van der Waals surface area contributed by atoms with Gasteiger partial charge in [0.05, 0.1) is 6.10 Å². The molecule has 3 fully saturated rings. The molecule has 3 atom stereocenters. The number of rotatable bonds is 6. The standard InChI is InChI=1S/C25H40N4O/c1-3-26-25(29-15-12-21(19-29)18-28-13-4-5-14-28)27-17-23-7-6-16-30-24(23)22-10-8-20(2)9-11-22/h8-11,21,23-24H,3-7,12-19H2,1-2H3,(H,26,27). The van der Waals surface area contributed by atoms with Crippen molar-refractivity contribution in [2.75, 3.05) is 52.4 Å². The van der Waals surface area contributed by atoms with Gasteiger partial charge in [0.15, 0.2) is 5.96 Å². The van der Waals surface area contributed by atoms with Crippen LogP contribution in [0.1, 0.15) is 56.3 Å². The average molecular weight is 413 g/mol. The topological polar surface area (TPSA) is 40.1 Å². The van der Waals surface area contributed by atoms with E-state index in [0.29, 0.717) is 5.92 Å². The van der Waals surface area contributed by atoms with E-state index in [2.05, 4.69) is 53.2 Å². The van der Waals surface area contributed by atoms with Gasteiger partial charge in [-0.05, 0) is 70.5 Å². The van der Waals surface area contributed by atoms with Gasteiger partial charge in [0.2, 0.25) is 0 Å². The highest BCUT2D eigenvalue weighted by Crippen LogP contribution is 2.34. The summed E-state index contributed by atoms with van der Waals surface area (Å²) < 4.78 is 6.22. The van der Waals surface area contributed by atoms with E-state index in [-0.39, 0.29) is 6.10 Å². The van der Waals surface area contributed by atoms with Crippen molar-refractivity contribution < 1.29 is 4.74 Å². The summed E-state index contributed by atoms with van der Waals surface area (Å²) in [5, 5.41) is 3.56. The maximum absolute atomic E-state index is 6.22. The van der Waals surface area contributed by atoms with Crippen molar-refractivity contribution in [2.24, 2.45) is 16.8 Å². The fraction of sp³-hybridized carbons (Fsp3) is 0.720. The van der Waals surface area contributed by atoms with Crippen LogP contribution < -0.4 is 5.32 Å². The van der Waals surface area contributed by atoms with Crippen LogP contribution in [-0.4, -0.2) is 68.2 Å². The molecule has 0 spiro atoms. The summed E-state index contributed by atoms with van der Waals surface area (Å²) in [6, 6.07) is 8.86. The van der Waals surface area contributed by atoms with Gasteiger partial charge in [-0.15, -0.1) is 0 Å². The van der Waals surface area contributed by atoms with Gasteiger partial charge in [0.1, 0.15) is 0 Å². The van der Waals surface area contributed by atoms with Gasteiger partial charge in [-0.1, -0.05) is 29.8 Å². The zero-order chi connectivity index (χ0) is 20.8. The van der Waals surface area contributed by atoms with Crippen LogP contribution in [0.2, 0.25) is 0 Å². The van der Waals surface area contributed by atoms with Crippen LogP contribution in [0.15, 0.2) is 29.3 Å². The van der Waals surface area contributed by atoms with Gasteiger partial charge in [0, 0.05) is 45.2 Å². The van der Waals surface area contributed by atoms with E-state index in [1.165, 1.54) is 56.4 Å². The molecule has 0 bridgehead atoms. The highest BCUT2D eigenvalue weighted by atomic mass is 16.5. The molecule has 30 heavy (non-hydrogen) atoms. The van der Waals surface area contributed by atoms with Crippen LogP contribution in [0.5, 0.6) is 0 Å². The third kappa shape index (κ3) is 5.55. The first-order valence-corrected chi connectivity index (χ1v) is 12.2. The van der Waals surface area contributed by atoms with E-state index in [9.17, 15) is 0 Å². The molecule has 3 unspecified atom stereocenters. The molecule has 0 radical (unpaired) electrons. The summed E-state index contributed by atoms with van der Waals surface area (Å²) in [5.74, 6) is 2.35. The van der Waals surface area contributed by atoms with Crippen molar-refractivity contribution in [3.05, 3.63) is 35.4 Å². The molecule has 4 rings (SSSR count). The number of benzene rings is 1. The summed E-state index contributed by atoms with van der Waals surface area (Å²) in [4.78, 5) is 10.3. The minimum Gasteiger partial charge on any atom is -0.373 e. The molecule has 3 saturated heterocycles. The molecule has 166 valence electrons. The molecule has 0 aliphatic carbocycles. The highest BCUT2D eigenvalue weighted by molar-refractivity contribution is 5.80. The lowest BCUT2D eigenvalue weighted by atomic mass is 9.89. The summed E-state index contributed by atoms with van der Waals surface area (Å²) >= 11 is 0. The lowest BCUT2D eigenvalue weighted by Crippen LogP contribution is -2.41. The largest absolute Gasteiger partial charge is 0.373 e. The number of aryl methyl sites for hydroxylation is 1. The minimum atomic E-state index is 0.174. The molecule has 5 nitrogen and oxygen atoms in total. The van der Waals surface area contributed by atoms with Crippen LogP contribution >= 0.6 is 0 Å². The highest BCUT2D eigenvalue weighted by Gasteiger charge is 2.30. The Morgan fingerprint density at radius 1 is 1.10 bits per heavy atom. The molecule has 3 heterocycles. The van der Waals surface area contributed by atoms with Crippen molar-refractivity contribution in [1.82, 2.24) is 15.1 Å². The van der Waals surface area contributed by atoms with Crippen LogP contribution in [-0.2, 0) is 4.74 Å². The predicted molar refractivity (Wildman–Crippen MR) is 124 cm³/mol. The number of hydrogen-bond acceptors (Lipinski definition) is 3. The molecule has 0 saturated carbocycles. The Morgan fingerprint density at radius 2 is 1.90 bits per heavy atom. The molecule has 1 aromatic carbocycles. The monoisotopic (exact) mass is 412 g/mol. The average Bonchev–Trinajstić information content (AvgIpc) is 3.45. The Kier molecular flexibility index (Phi) is 7.67. The first kappa shape index (κ1) is 21.6. The summed E-state index contributed by atoms with van der Waals surface area (Å²) in [7, 11) is 0. The Bertz CT molecular complexity index is 683. The second kappa shape index (κ2) is 10.6. The lowest BCUT2D eigenvalue weighted by molar-refractivity contribution is -0.0250. The van der Waals surface area contributed by atoms with E-state index in [0.717, 1.165) is 51.1 Å². The van der Waals surface area contributed by atoms with E-state index in [1.807, 2.05) is 0 Å². The molecule has 3 aliphatic heterocycles. The lowest BCUT2D eigenvalue weighted by Gasteiger charge is -2.32. The van der Waals surface area contributed by atoms with Crippen molar-refractivity contribution in [1.29, 1.82) is 0 Å². The zero-order valence-electron chi connectivity index (χ0n) is 19.0. The Labute approximate surface area is 182 Å². The summed E-state index contributed by atoms with van der Waals surface area (Å²) in [5.41, 5.74) is 2.61. The van der Waals surface area contributed by atoms with Crippen LogP contribution in [0.25, 0.3) is 0 Å². The molecule has 3 aliphatic rings. The fourth-order valence-corrected chi connectivity index (χ4v) is 5.29. The first-order chi connectivity index (χ1) is 14.7. The van der Waals surface area contributed by atoms with Gasteiger partial charge >= 0.3 is 0 Å². The maximum Gasteiger partial charge on any atom is 0.193 e. The van der Waals surface area contributed by atoms with E-state index in [1.54, 1.807) is 0 Å². The van der Waals surface area contributed by atoms with E-state index >= 15 is 0 Å². The van der Waals surface area contributed by atoms with Gasteiger partial charge in [-0.25, -0.2) is 0 Å². The Balaban J connectivity index is 1.38. The SMILES string of the molecule is CCNC(=NCC1CCCOC1c1ccc(C)cc1)N1CCC(CN2CCCC2)C1. The number of nitrogens with one attached hydrogen (secondary N) is 1. The molecule has 5 heteroatoms. The zero-order valence-corrected chi connectivity index (χ0v) is 19.0. The molecule has 1 aromatic rings. The van der Waals surface area contributed by atoms with Gasteiger partial charge in [-0.3, -0.25) is 4.99 Å². The van der Waals surface area contributed by atoms with Gasteiger partial charge in [0.25, 0.3) is 0 Å². The van der Waals surface area contributed by atoms with Crippen molar-refractivity contribution in [3.63, 3.8) is 0 Å². The minimum absolute atomic E-state index is 0.174. The maximum atomic E-state index is 6.22. The summed E-state index contributed by atoms with van der Waals surface area (Å²) in [6.07, 6.45) is 6.56. The quantitative estimate of drug-likeness (QED) is 0.569. The smallest absolute Gasteiger partial charge is 0.193 e. The van der Waals surface area contributed by atoms with Crippen molar-refractivity contribution in [2.45, 2.75) is 52.1 Å². The number of likely N-dealkylation sites (tertiary alicyclic amines) is 2. The second-order valence-electron chi connectivity index (χ2n) is 9.41. The fourth-order valence-electron chi connectivity index (χ4n) is 5.29.